The van der Waals surface area contributed by atoms with E-state index in [-0.39, 0.29) is 76.2 Å². The molecular weight excluding hydrogens is 660 g/mol. The second-order valence-corrected chi connectivity index (χ2v) is 15.1. The van der Waals surface area contributed by atoms with Gasteiger partial charge in [0.2, 0.25) is 0 Å². The van der Waals surface area contributed by atoms with E-state index in [1.807, 2.05) is 4.90 Å². The lowest BCUT2D eigenvalue weighted by Gasteiger charge is -2.45. The van der Waals surface area contributed by atoms with Gasteiger partial charge in [-0.1, -0.05) is 24.8 Å². The Bertz CT molecular complexity index is 2160. The van der Waals surface area contributed by atoms with E-state index >= 15 is 4.39 Å². The molecular formula is C39H38F4N6O2. The third-order valence-electron chi connectivity index (χ3n) is 12.3. The van der Waals surface area contributed by atoms with Crippen LogP contribution < -0.4 is 15.0 Å². The Morgan fingerprint density at radius 1 is 1.10 bits per heavy atom. The number of piperazine rings is 1. The summed E-state index contributed by atoms with van der Waals surface area (Å²) in [5.74, 6) is 1.81. The number of hydrogen-bond acceptors (Lipinski definition) is 8. The first kappa shape index (κ1) is 32.4. The lowest BCUT2D eigenvalue weighted by atomic mass is 9.80. The van der Waals surface area contributed by atoms with Crippen molar-refractivity contribution in [3.05, 3.63) is 59.3 Å². The van der Waals surface area contributed by atoms with Crippen LogP contribution in [0.4, 0.5) is 23.4 Å². The van der Waals surface area contributed by atoms with Gasteiger partial charge in [-0.05, 0) is 81.0 Å². The summed E-state index contributed by atoms with van der Waals surface area (Å²) in [7, 11) is 0. The summed E-state index contributed by atoms with van der Waals surface area (Å²) < 4.78 is 65.8. The van der Waals surface area contributed by atoms with Crippen molar-refractivity contribution < 1.29 is 27.4 Å². The maximum absolute atomic E-state index is 17.1. The predicted octanol–water partition coefficient (Wildman–Crippen LogP) is 7.08. The van der Waals surface area contributed by atoms with Crippen molar-refractivity contribution in [2.24, 2.45) is 5.92 Å². The molecule has 12 heteroatoms. The molecule has 4 saturated heterocycles. The van der Waals surface area contributed by atoms with Crippen LogP contribution in [0.1, 0.15) is 63.4 Å². The molecule has 51 heavy (non-hydrogen) atoms. The molecule has 264 valence electrons. The number of terminal acetylenes is 1. The zero-order valence-corrected chi connectivity index (χ0v) is 28.1. The monoisotopic (exact) mass is 698 g/mol. The van der Waals surface area contributed by atoms with Crippen LogP contribution in [0.15, 0.2) is 42.1 Å². The minimum atomic E-state index is -1.65. The van der Waals surface area contributed by atoms with Crippen LogP contribution in [0.5, 0.6) is 11.8 Å². The highest BCUT2D eigenvalue weighted by Crippen LogP contribution is 2.46. The third kappa shape index (κ3) is 5.22. The Morgan fingerprint density at radius 2 is 1.94 bits per heavy atom. The lowest BCUT2D eigenvalue weighted by molar-refractivity contribution is 0.108. The summed E-state index contributed by atoms with van der Waals surface area (Å²) in [6.07, 6.45) is 14.2. The van der Waals surface area contributed by atoms with Gasteiger partial charge in [0.1, 0.15) is 35.2 Å². The van der Waals surface area contributed by atoms with E-state index in [1.165, 1.54) is 56.1 Å². The van der Waals surface area contributed by atoms with Gasteiger partial charge in [-0.15, -0.1) is 6.42 Å². The molecule has 1 saturated carbocycles. The van der Waals surface area contributed by atoms with Gasteiger partial charge in [-0.2, -0.15) is 18.7 Å². The topological polar surface area (TPSA) is 86.6 Å². The number of halogens is 4. The highest BCUT2D eigenvalue weighted by atomic mass is 19.3. The maximum Gasteiger partial charge on any atom is 0.319 e. The molecule has 4 aromatic rings. The summed E-state index contributed by atoms with van der Waals surface area (Å²) in [6, 6.07) is 5.64. The average molecular weight is 699 g/mol. The molecule has 2 aromatic carbocycles. The van der Waals surface area contributed by atoms with Crippen molar-refractivity contribution in [3.63, 3.8) is 0 Å². The highest BCUT2D eigenvalue weighted by Gasteiger charge is 2.51. The molecule has 2 bridgehead atoms. The number of phenolic OH excluding ortho intramolecular Hbond substituents is 1. The van der Waals surface area contributed by atoms with Crippen LogP contribution in [-0.4, -0.2) is 74.9 Å². The van der Waals surface area contributed by atoms with Crippen molar-refractivity contribution in [2.75, 3.05) is 37.7 Å². The summed E-state index contributed by atoms with van der Waals surface area (Å²) in [5, 5.41) is 15.6. The Balaban J connectivity index is 1.18. The summed E-state index contributed by atoms with van der Waals surface area (Å²) in [5.41, 5.74) is -0.720. The molecule has 2 N–H and O–H groups in total. The number of hydrogen-bond donors (Lipinski definition) is 2. The molecule has 0 unspecified atom stereocenters. The average Bonchev–Trinajstić information content (AvgIpc) is 3.92. The summed E-state index contributed by atoms with van der Waals surface area (Å²) in [6.45, 7) is 2.31. The van der Waals surface area contributed by atoms with Crippen LogP contribution in [0.25, 0.3) is 32.9 Å². The second kappa shape index (κ2) is 12.1. The molecule has 5 aliphatic rings. The van der Waals surface area contributed by atoms with Crippen molar-refractivity contribution in [1.29, 1.82) is 0 Å². The quantitative estimate of drug-likeness (QED) is 0.163. The van der Waals surface area contributed by atoms with E-state index in [0.717, 1.165) is 19.3 Å². The fourth-order valence-electron chi connectivity index (χ4n) is 9.94. The zero-order valence-electron chi connectivity index (χ0n) is 28.1. The number of phenols is 1. The van der Waals surface area contributed by atoms with Crippen LogP contribution in [0, 0.1) is 29.9 Å². The van der Waals surface area contributed by atoms with Crippen LogP contribution in [0.3, 0.4) is 0 Å². The first-order chi connectivity index (χ1) is 24.7. The standard InChI is InChI=1S/C39H38F4N6O2/c1-2-27-30(40)9-8-22-14-26(50)15-28(31(22)27)33-32(41)34-29(17-44-33)36(48-19-25-10-12-39(20-48,47-25)24-6-3-4-7-24)46-37(45-34)51-21-38-11-5-13-49(38)18-23(16-38)35(42)43/h1,8-9,14-15,17,24-25,47,50H,3-7,10-13,16,18-21H2/t25-,38-,39+/m0/s1. The van der Waals surface area contributed by atoms with Gasteiger partial charge < -0.3 is 20.1 Å². The van der Waals surface area contributed by atoms with Gasteiger partial charge in [0.15, 0.2) is 5.82 Å². The van der Waals surface area contributed by atoms with Gasteiger partial charge in [0.05, 0.1) is 16.5 Å². The molecule has 0 spiro atoms. The molecule has 3 atom stereocenters. The first-order valence-electron chi connectivity index (χ1n) is 17.9. The summed E-state index contributed by atoms with van der Waals surface area (Å²) in [4.78, 5) is 18.3. The molecule has 5 fully saturated rings. The fourth-order valence-corrected chi connectivity index (χ4v) is 9.94. The number of nitrogens with one attached hydrogen (secondary N) is 1. The van der Waals surface area contributed by atoms with Crippen molar-refractivity contribution in [2.45, 2.75) is 74.9 Å². The third-order valence-corrected chi connectivity index (χ3v) is 12.3. The maximum atomic E-state index is 17.1. The van der Waals surface area contributed by atoms with E-state index in [1.54, 1.807) is 0 Å². The van der Waals surface area contributed by atoms with Crippen LogP contribution in [-0.2, 0) is 0 Å². The van der Waals surface area contributed by atoms with E-state index in [4.69, 9.17) is 16.1 Å². The Kier molecular flexibility index (Phi) is 7.67. The number of rotatable bonds is 6. The smallest absolute Gasteiger partial charge is 0.319 e. The molecule has 1 aliphatic carbocycles. The molecule has 2 aromatic heterocycles. The van der Waals surface area contributed by atoms with E-state index < -0.39 is 23.3 Å². The number of nitrogens with zero attached hydrogens (tertiary/aromatic N) is 5. The van der Waals surface area contributed by atoms with Gasteiger partial charge in [-0.25, -0.2) is 8.78 Å². The largest absolute Gasteiger partial charge is 0.508 e. The van der Waals surface area contributed by atoms with Gasteiger partial charge >= 0.3 is 6.01 Å². The Hall–Kier alpha value is -4.47. The normalized spacial score (nSPS) is 26.4. The first-order valence-corrected chi connectivity index (χ1v) is 17.9. The van der Waals surface area contributed by atoms with Gasteiger partial charge in [0, 0.05) is 53.9 Å². The number of aromatic hydroxyl groups is 1. The van der Waals surface area contributed by atoms with Crippen molar-refractivity contribution >= 4 is 27.5 Å². The minimum absolute atomic E-state index is 0.0430. The van der Waals surface area contributed by atoms with Crippen LogP contribution in [0.2, 0.25) is 0 Å². The van der Waals surface area contributed by atoms with Crippen molar-refractivity contribution in [1.82, 2.24) is 25.2 Å². The summed E-state index contributed by atoms with van der Waals surface area (Å²) >= 11 is 0. The number of fused-ring (bicyclic) bond motifs is 5. The van der Waals surface area contributed by atoms with E-state index in [2.05, 4.69) is 26.1 Å². The zero-order chi connectivity index (χ0) is 35.1. The number of ether oxygens (including phenoxy) is 1. The van der Waals surface area contributed by atoms with Crippen LogP contribution >= 0.6 is 0 Å². The molecule has 6 heterocycles. The van der Waals surface area contributed by atoms with E-state index in [9.17, 15) is 18.3 Å². The Labute approximate surface area is 292 Å². The number of benzene rings is 2. The number of pyridine rings is 1. The van der Waals surface area contributed by atoms with Gasteiger partial charge in [0.25, 0.3) is 6.08 Å². The molecule has 8 nitrogen and oxygen atoms in total. The SMILES string of the molecule is C#Cc1c(F)ccc2cc(O)cc(-c3ncc4c(N5C[C@@H]6CC[C@](C7CCCC7)(C5)N6)nc(OC[C@@]56CCCN5CC(=C(F)F)C6)nc4c3F)c12. The molecule has 4 aliphatic heterocycles. The number of anilines is 1. The predicted molar refractivity (Wildman–Crippen MR) is 186 cm³/mol. The highest BCUT2D eigenvalue weighted by molar-refractivity contribution is 6.03. The fraction of sp³-hybridized carbons (Fsp3) is 0.462. The molecule has 9 rings (SSSR count). The lowest BCUT2D eigenvalue weighted by Crippen LogP contribution is -2.62. The Morgan fingerprint density at radius 3 is 2.75 bits per heavy atom. The number of aromatic nitrogens is 3. The van der Waals surface area contributed by atoms with Crippen molar-refractivity contribution in [3.8, 4) is 35.4 Å². The van der Waals surface area contributed by atoms with E-state index in [0.29, 0.717) is 48.6 Å². The minimum Gasteiger partial charge on any atom is -0.508 e. The second-order valence-electron chi connectivity index (χ2n) is 15.1. The van der Waals surface area contributed by atoms with Gasteiger partial charge in [-0.3, -0.25) is 9.88 Å². The molecule has 0 amide bonds. The molecule has 0 radical (unpaired) electrons.